The summed E-state index contributed by atoms with van der Waals surface area (Å²) in [4.78, 5) is 0. The van der Waals surface area contributed by atoms with Gasteiger partial charge in [0.05, 0.1) is 5.69 Å². The van der Waals surface area contributed by atoms with Crippen molar-refractivity contribution in [3.05, 3.63) is 42.1 Å². The first-order valence-electron chi connectivity index (χ1n) is 5.91. The zero-order valence-electron chi connectivity index (χ0n) is 9.98. The summed E-state index contributed by atoms with van der Waals surface area (Å²) >= 11 is 0. The smallest absolute Gasteiger partial charge is 0.0925 e. The summed E-state index contributed by atoms with van der Waals surface area (Å²) in [5, 5.41) is 4.63. The van der Waals surface area contributed by atoms with Crippen LogP contribution in [0.3, 0.4) is 0 Å². The van der Waals surface area contributed by atoms with Crippen molar-refractivity contribution in [2.24, 2.45) is 0 Å². The van der Waals surface area contributed by atoms with Gasteiger partial charge in [0.2, 0.25) is 0 Å². The Morgan fingerprint density at radius 2 is 1.94 bits per heavy atom. The van der Waals surface area contributed by atoms with E-state index in [9.17, 15) is 0 Å². The van der Waals surface area contributed by atoms with Gasteiger partial charge in [0, 0.05) is 17.8 Å². The van der Waals surface area contributed by atoms with Crippen LogP contribution in [-0.2, 0) is 6.54 Å². The predicted molar refractivity (Wildman–Crippen MR) is 67.3 cm³/mol. The first kappa shape index (κ1) is 10.9. The minimum absolute atomic E-state index is 1.02. The number of unbranched alkanes of at least 4 members (excludes halogenated alkanes) is 1. The molecule has 0 amide bonds. The van der Waals surface area contributed by atoms with Crippen LogP contribution in [0.15, 0.2) is 36.4 Å². The van der Waals surface area contributed by atoms with Gasteiger partial charge in [-0.25, -0.2) is 0 Å². The third-order valence-electron chi connectivity index (χ3n) is 2.77. The number of rotatable bonds is 4. The summed E-state index contributed by atoms with van der Waals surface area (Å²) in [6.45, 7) is 5.35. The lowest BCUT2D eigenvalue weighted by Crippen LogP contribution is -2.01. The number of aromatic nitrogens is 2. The molecule has 1 heterocycles. The van der Waals surface area contributed by atoms with Crippen molar-refractivity contribution in [1.82, 2.24) is 9.78 Å². The molecule has 0 aliphatic rings. The number of aryl methyl sites for hydroxylation is 2. The number of benzene rings is 1. The molecule has 0 saturated carbocycles. The highest BCUT2D eigenvalue weighted by Gasteiger charge is 2.05. The van der Waals surface area contributed by atoms with Crippen LogP contribution in [0.5, 0.6) is 0 Å². The maximum Gasteiger partial charge on any atom is 0.0925 e. The Morgan fingerprint density at radius 3 is 2.62 bits per heavy atom. The van der Waals surface area contributed by atoms with Gasteiger partial charge in [-0.05, 0) is 19.4 Å². The summed E-state index contributed by atoms with van der Waals surface area (Å²) in [5.41, 5.74) is 3.52. The van der Waals surface area contributed by atoms with Gasteiger partial charge in [0.1, 0.15) is 0 Å². The zero-order chi connectivity index (χ0) is 11.4. The van der Waals surface area contributed by atoms with Crippen LogP contribution in [0, 0.1) is 6.92 Å². The van der Waals surface area contributed by atoms with Gasteiger partial charge in [-0.2, -0.15) is 5.10 Å². The molecule has 2 rings (SSSR count). The summed E-state index contributed by atoms with van der Waals surface area (Å²) in [5.74, 6) is 0. The minimum atomic E-state index is 1.02. The van der Waals surface area contributed by atoms with E-state index in [1.54, 1.807) is 0 Å². The molecule has 0 atom stereocenters. The third-order valence-corrected chi connectivity index (χ3v) is 2.77. The van der Waals surface area contributed by atoms with Gasteiger partial charge in [-0.3, -0.25) is 4.68 Å². The Morgan fingerprint density at radius 1 is 1.19 bits per heavy atom. The highest BCUT2D eigenvalue weighted by Crippen LogP contribution is 2.18. The van der Waals surface area contributed by atoms with E-state index in [0.717, 1.165) is 12.2 Å². The van der Waals surface area contributed by atoms with Crippen LogP contribution in [-0.4, -0.2) is 9.78 Å². The van der Waals surface area contributed by atoms with Crippen molar-refractivity contribution < 1.29 is 0 Å². The van der Waals surface area contributed by atoms with Crippen molar-refractivity contribution in [2.45, 2.75) is 33.2 Å². The summed E-state index contributed by atoms with van der Waals surface area (Å²) in [6.07, 6.45) is 2.40. The molecule has 0 spiro atoms. The van der Waals surface area contributed by atoms with Crippen molar-refractivity contribution in [1.29, 1.82) is 0 Å². The molecular weight excluding hydrogens is 196 g/mol. The third kappa shape index (κ3) is 2.32. The predicted octanol–water partition coefficient (Wildman–Crippen LogP) is 3.66. The second kappa shape index (κ2) is 4.97. The van der Waals surface area contributed by atoms with Crippen LogP contribution >= 0.6 is 0 Å². The molecule has 16 heavy (non-hydrogen) atoms. The molecule has 2 heteroatoms. The van der Waals surface area contributed by atoms with E-state index in [-0.39, 0.29) is 0 Å². The molecular formula is C14H18N2. The number of hydrogen-bond donors (Lipinski definition) is 0. The summed E-state index contributed by atoms with van der Waals surface area (Å²) < 4.78 is 2.10. The Balaban J connectivity index is 2.24. The van der Waals surface area contributed by atoms with Crippen molar-refractivity contribution >= 4 is 0 Å². The van der Waals surface area contributed by atoms with Crippen molar-refractivity contribution in [3.8, 4) is 11.3 Å². The molecule has 2 aromatic rings. The monoisotopic (exact) mass is 214 g/mol. The molecule has 84 valence electrons. The SMILES string of the molecule is CCCCn1nc(-c2ccccc2)cc1C. The van der Waals surface area contributed by atoms with E-state index in [1.165, 1.54) is 24.1 Å². The van der Waals surface area contributed by atoms with Crippen LogP contribution in [0.1, 0.15) is 25.5 Å². The molecule has 1 aromatic carbocycles. The van der Waals surface area contributed by atoms with Crippen molar-refractivity contribution in [3.63, 3.8) is 0 Å². The van der Waals surface area contributed by atoms with Crippen LogP contribution < -0.4 is 0 Å². The zero-order valence-corrected chi connectivity index (χ0v) is 9.98. The maximum atomic E-state index is 4.63. The van der Waals surface area contributed by atoms with Gasteiger partial charge in [-0.15, -0.1) is 0 Å². The van der Waals surface area contributed by atoms with Gasteiger partial charge < -0.3 is 0 Å². The molecule has 1 aromatic heterocycles. The van der Waals surface area contributed by atoms with Gasteiger partial charge in [0.25, 0.3) is 0 Å². The lowest BCUT2D eigenvalue weighted by Gasteiger charge is -2.01. The van der Waals surface area contributed by atoms with Gasteiger partial charge in [0.15, 0.2) is 0 Å². The van der Waals surface area contributed by atoms with Gasteiger partial charge in [-0.1, -0.05) is 43.7 Å². The quantitative estimate of drug-likeness (QED) is 0.759. The van der Waals surface area contributed by atoms with Crippen LogP contribution in [0.25, 0.3) is 11.3 Å². The minimum Gasteiger partial charge on any atom is -0.269 e. The second-order valence-electron chi connectivity index (χ2n) is 4.11. The molecule has 0 saturated heterocycles. The van der Waals surface area contributed by atoms with E-state index < -0.39 is 0 Å². The average molecular weight is 214 g/mol. The first-order chi connectivity index (χ1) is 7.81. The first-order valence-corrected chi connectivity index (χ1v) is 5.91. The fraction of sp³-hybridized carbons (Fsp3) is 0.357. The number of nitrogens with zero attached hydrogens (tertiary/aromatic N) is 2. The van der Waals surface area contributed by atoms with E-state index in [4.69, 9.17) is 0 Å². The Hall–Kier alpha value is -1.57. The Bertz CT molecular complexity index is 443. The van der Waals surface area contributed by atoms with E-state index in [1.807, 2.05) is 6.07 Å². The topological polar surface area (TPSA) is 17.8 Å². The maximum absolute atomic E-state index is 4.63. The van der Waals surface area contributed by atoms with Crippen LogP contribution in [0.2, 0.25) is 0 Å². The molecule has 0 aliphatic heterocycles. The molecule has 0 N–H and O–H groups in total. The van der Waals surface area contributed by atoms with E-state index in [0.29, 0.717) is 0 Å². The van der Waals surface area contributed by atoms with E-state index >= 15 is 0 Å². The molecule has 0 unspecified atom stereocenters. The second-order valence-corrected chi connectivity index (χ2v) is 4.11. The summed E-state index contributed by atoms with van der Waals surface area (Å²) in [6, 6.07) is 12.5. The Labute approximate surface area is 96.9 Å². The summed E-state index contributed by atoms with van der Waals surface area (Å²) in [7, 11) is 0. The highest BCUT2D eigenvalue weighted by atomic mass is 15.3. The molecule has 0 bridgehead atoms. The molecule has 0 radical (unpaired) electrons. The Kier molecular flexibility index (Phi) is 3.40. The van der Waals surface area contributed by atoms with Crippen molar-refractivity contribution in [2.75, 3.05) is 0 Å². The average Bonchev–Trinajstić information content (AvgIpc) is 2.69. The lowest BCUT2D eigenvalue weighted by molar-refractivity contribution is 0.560. The van der Waals surface area contributed by atoms with E-state index in [2.05, 4.69) is 54.0 Å². The fourth-order valence-electron chi connectivity index (χ4n) is 1.79. The largest absolute Gasteiger partial charge is 0.269 e. The fourth-order valence-corrected chi connectivity index (χ4v) is 1.79. The molecule has 0 fully saturated rings. The molecule has 0 aliphatic carbocycles. The standard InChI is InChI=1S/C14H18N2/c1-3-4-10-16-12(2)11-14(15-16)13-8-6-5-7-9-13/h5-9,11H,3-4,10H2,1-2H3. The van der Waals surface area contributed by atoms with Gasteiger partial charge >= 0.3 is 0 Å². The highest BCUT2D eigenvalue weighted by molar-refractivity contribution is 5.58. The molecule has 2 nitrogen and oxygen atoms in total. The number of hydrogen-bond acceptors (Lipinski definition) is 1. The lowest BCUT2D eigenvalue weighted by atomic mass is 10.1. The normalized spacial score (nSPS) is 10.6. The van der Waals surface area contributed by atoms with Crippen LogP contribution in [0.4, 0.5) is 0 Å².